The van der Waals surface area contributed by atoms with E-state index in [0.29, 0.717) is 13.2 Å². The average molecular weight is 293 g/mol. The number of nitrogens with one attached hydrogen (secondary N) is 1. The van der Waals surface area contributed by atoms with E-state index < -0.39 is 0 Å². The number of hydrogen-bond donors (Lipinski definition) is 2. The van der Waals surface area contributed by atoms with Gasteiger partial charge in [-0.25, -0.2) is 0 Å². The molecule has 1 aromatic carbocycles. The van der Waals surface area contributed by atoms with E-state index in [1.54, 1.807) is 7.11 Å². The van der Waals surface area contributed by atoms with Gasteiger partial charge >= 0.3 is 0 Å². The summed E-state index contributed by atoms with van der Waals surface area (Å²) in [4.78, 5) is 14.2. The molecule has 1 atom stereocenters. The molecule has 3 N–H and O–H groups in total. The molecule has 5 heteroatoms. The van der Waals surface area contributed by atoms with Crippen LogP contribution >= 0.6 is 0 Å². The molecule has 0 spiro atoms. The van der Waals surface area contributed by atoms with Crippen molar-refractivity contribution in [1.82, 2.24) is 10.2 Å². The van der Waals surface area contributed by atoms with Gasteiger partial charge in [0.1, 0.15) is 0 Å². The normalized spacial score (nSPS) is 12.4. The van der Waals surface area contributed by atoms with Gasteiger partial charge in [-0.05, 0) is 37.6 Å². The van der Waals surface area contributed by atoms with Crippen LogP contribution in [0.1, 0.15) is 25.8 Å². The van der Waals surface area contributed by atoms with Crippen LogP contribution in [0.2, 0.25) is 0 Å². The number of anilines is 1. The Morgan fingerprint density at radius 3 is 2.62 bits per heavy atom. The molecule has 0 aliphatic carbocycles. The van der Waals surface area contributed by atoms with Crippen molar-refractivity contribution in [3.63, 3.8) is 0 Å². The van der Waals surface area contributed by atoms with Gasteiger partial charge in [0, 0.05) is 25.4 Å². The summed E-state index contributed by atoms with van der Waals surface area (Å²) in [5, 5.41) is 2.94. The molecule has 0 bridgehead atoms. The van der Waals surface area contributed by atoms with E-state index in [1.807, 2.05) is 31.2 Å². The van der Waals surface area contributed by atoms with Crippen molar-refractivity contribution in [2.75, 3.05) is 32.5 Å². The molecule has 0 saturated carbocycles. The van der Waals surface area contributed by atoms with Gasteiger partial charge in [-0.15, -0.1) is 0 Å². The standard InChI is InChI=1S/C16H27N3O2/c1-4-9-19(10-14-5-7-15(17)8-6-14)11-16(20)18-13(2)12-21-3/h5-8,13H,4,9-12,17H2,1-3H3,(H,18,20). The van der Waals surface area contributed by atoms with Gasteiger partial charge in [0.05, 0.1) is 13.2 Å². The Labute approximate surface area is 127 Å². The summed E-state index contributed by atoms with van der Waals surface area (Å²) >= 11 is 0. The molecule has 1 unspecified atom stereocenters. The molecule has 1 aromatic rings. The van der Waals surface area contributed by atoms with Crippen LogP contribution < -0.4 is 11.1 Å². The molecule has 0 aromatic heterocycles. The highest BCUT2D eigenvalue weighted by Gasteiger charge is 2.12. The highest BCUT2D eigenvalue weighted by atomic mass is 16.5. The fourth-order valence-corrected chi connectivity index (χ4v) is 2.23. The number of carbonyl (C=O) groups excluding carboxylic acids is 1. The third-order valence-electron chi connectivity index (χ3n) is 3.12. The summed E-state index contributed by atoms with van der Waals surface area (Å²) in [6.07, 6.45) is 1.01. The van der Waals surface area contributed by atoms with Crippen LogP contribution in [0.5, 0.6) is 0 Å². The Hall–Kier alpha value is -1.59. The number of nitrogen functional groups attached to an aromatic ring is 1. The fraction of sp³-hybridized carbons (Fsp3) is 0.562. The lowest BCUT2D eigenvalue weighted by Crippen LogP contribution is -2.42. The first-order valence-electron chi connectivity index (χ1n) is 7.40. The maximum atomic E-state index is 12.0. The highest BCUT2D eigenvalue weighted by molar-refractivity contribution is 5.78. The lowest BCUT2D eigenvalue weighted by Gasteiger charge is -2.22. The maximum Gasteiger partial charge on any atom is 0.234 e. The third-order valence-corrected chi connectivity index (χ3v) is 3.12. The molecule has 0 aliphatic heterocycles. The van der Waals surface area contributed by atoms with Crippen LogP contribution in [0.25, 0.3) is 0 Å². The van der Waals surface area contributed by atoms with Crippen LogP contribution in [0.3, 0.4) is 0 Å². The van der Waals surface area contributed by atoms with Gasteiger partial charge in [-0.2, -0.15) is 0 Å². The Balaban J connectivity index is 2.52. The predicted octanol–water partition coefficient (Wildman–Crippen LogP) is 1.63. The molecular weight excluding hydrogens is 266 g/mol. The third kappa shape index (κ3) is 7.11. The molecule has 1 amide bonds. The zero-order chi connectivity index (χ0) is 15.7. The molecule has 5 nitrogen and oxygen atoms in total. The van der Waals surface area contributed by atoms with Crippen LogP contribution in [-0.2, 0) is 16.1 Å². The van der Waals surface area contributed by atoms with Crippen molar-refractivity contribution in [3.05, 3.63) is 29.8 Å². The van der Waals surface area contributed by atoms with Crippen LogP contribution in [-0.4, -0.2) is 43.7 Å². The largest absolute Gasteiger partial charge is 0.399 e. The average Bonchev–Trinajstić information content (AvgIpc) is 2.41. The van der Waals surface area contributed by atoms with E-state index in [9.17, 15) is 4.79 Å². The summed E-state index contributed by atoms with van der Waals surface area (Å²) in [6.45, 7) is 6.60. The van der Waals surface area contributed by atoms with E-state index in [4.69, 9.17) is 10.5 Å². The first-order valence-corrected chi connectivity index (χ1v) is 7.40. The van der Waals surface area contributed by atoms with Crippen molar-refractivity contribution >= 4 is 11.6 Å². The van der Waals surface area contributed by atoms with Gasteiger partial charge in [-0.1, -0.05) is 19.1 Å². The van der Waals surface area contributed by atoms with Gasteiger partial charge in [0.2, 0.25) is 5.91 Å². The number of nitrogens with zero attached hydrogens (tertiary/aromatic N) is 1. The molecule has 0 radical (unpaired) electrons. The minimum absolute atomic E-state index is 0.0301. The zero-order valence-corrected chi connectivity index (χ0v) is 13.3. The minimum Gasteiger partial charge on any atom is -0.399 e. The van der Waals surface area contributed by atoms with Crippen molar-refractivity contribution in [2.24, 2.45) is 0 Å². The van der Waals surface area contributed by atoms with Crippen LogP contribution in [0, 0.1) is 0 Å². The first-order chi connectivity index (χ1) is 10.0. The van der Waals surface area contributed by atoms with E-state index in [1.165, 1.54) is 0 Å². The number of ether oxygens (including phenoxy) is 1. The topological polar surface area (TPSA) is 67.6 Å². The number of benzene rings is 1. The molecule has 0 fully saturated rings. The Kier molecular flexibility index (Phi) is 7.79. The van der Waals surface area contributed by atoms with E-state index in [0.717, 1.165) is 30.8 Å². The van der Waals surface area contributed by atoms with E-state index in [-0.39, 0.29) is 11.9 Å². The summed E-state index contributed by atoms with van der Waals surface area (Å²) < 4.78 is 5.02. The lowest BCUT2D eigenvalue weighted by atomic mass is 10.2. The minimum atomic E-state index is 0.0301. The molecular formula is C16H27N3O2. The van der Waals surface area contributed by atoms with Crippen molar-refractivity contribution in [3.8, 4) is 0 Å². The van der Waals surface area contributed by atoms with Gasteiger partial charge < -0.3 is 15.8 Å². The number of carbonyl (C=O) groups is 1. The number of rotatable bonds is 9. The first kappa shape index (κ1) is 17.5. The molecule has 118 valence electrons. The number of methoxy groups -OCH3 is 1. The van der Waals surface area contributed by atoms with Gasteiger partial charge in [0.25, 0.3) is 0 Å². The maximum absolute atomic E-state index is 12.0. The fourth-order valence-electron chi connectivity index (χ4n) is 2.23. The van der Waals surface area contributed by atoms with Crippen molar-refractivity contribution in [1.29, 1.82) is 0 Å². The second kappa shape index (κ2) is 9.37. The van der Waals surface area contributed by atoms with E-state index in [2.05, 4.69) is 17.1 Å². The lowest BCUT2D eigenvalue weighted by molar-refractivity contribution is -0.123. The SMILES string of the molecule is CCCN(CC(=O)NC(C)COC)Cc1ccc(N)cc1. The molecule has 1 rings (SSSR count). The summed E-state index contributed by atoms with van der Waals surface area (Å²) in [5.74, 6) is 0.0310. The smallest absolute Gasteiger partial charge is 0.234 e. The Morgan fingerprint density at radius 1 is 1.38 bits per heavy atom. The highest BCUT2D eigenvalue weighted by Crippen LogP contribution is 2.09. The monoisotopic (exact) mass is 293 g/mol. The summed E-state index contributed by atoms with van der Waals surface area (Å²) in [5.41, 5.74) is 7.61. The van der Waals surface area contributed by atoms with Crippen LogP contribution in [0.4, 0.5) is 5.69 Å². The number of nitrogens with two attached hydrogens (primary N) is 1. The van der Waals surface area contributed by atoms with Crippen LogP contribution in [0.15, 0.2) is 24.3 Å². The Bertz CT molecular complexity index is 420. The molecule has 0 aliphatic rings. The molecule has 0 heterocycles. The quantitative estimate of drug-likeness (QED) is 0.679. The Morgan fingerprint density at radius 2 is 2.05 bits per heavy atom. The van der Waals surface area contributed by atoms with Crippen molar-refractivity contribution in [2.45, 2.75) is 32.9 Å². The summed E-state index contributed by atoms with van der Waals surface area (Å²) in [6, 6.07) is 7.82. The molecule has 0 saturated heterocycles. The van der Waals surface area contributed by atoms with E-state index >= 15 is 0 Å². The number of amides is 1. The van der Waals surface area contributed by atoms with Gasteiger partial charge in [-0.3, -0.25) is 9.69 Å². The number of hydrogen-bond acceptors (Lipinski definition) is 4. The molecule has 21 heavy (non-hydrogen) atoms. The second-order valence-corrected chi connectivity index (χ2v) is 5.38. The van der Waals surface area contributed by atoms with Crippen molar-refractivity contribution < 1.29 is 9.53 Å². The second-order valence-electron chi connectivity index (χ2n) is 5.38. The van der Waals surface area contributed by atoms with Gasteiger partial charge in [0.15, 0.2) is 0 Å². The summed E-state index contributed by atoms with van der Waals surface area (Å²) in [7, 11) is 1.63. The predicted molar refractivity (Wildman–Crippen MR) is 85.9 cm³/mol. The zero-order valence-electron chi connectivity index (χ0n) is 13.3.